The number of anilines is 1. The Morgan fingerprint density at radius 1 is 0.891 bits per heavy atom. The number of carbonyl (C=O) groups is 3. The summed E-state index contributed by atoms with van der Waals surface area (Å²) >= 11 is 1.41. The molecule has 5 heterocycles. The van der Waals surface area contributed by atoms with Gasteiger partial charge in [-0.25, -0.2) is 9.97 Å². The molecule has 2 aromatic carbocycles. The van der Waals surface area contributed by atoms with Gasteiger partial charge in [-0.15, -0.1) is 11.3 Å². The molecule has 0 saturated carbocycles. The minimum atomic E-state index is -0.0834. The van der Waals surface area contributed by atoms with Crippen LogP contribution in [-0.2, 0) is 14.3 Å². The van der Waals surface area contributed by atoms with E-state index in [0.717, 1.165) is 38.1 Å². The Kier molecular flexibility index (Phi) is 8.53. The summed E-state index contributed by atoms with van der Waals surface area (Å²) in [5, 5.41) is 8.14. The second kappa shape index (κ2) is 13.2. The SMILES string of the molecule is O=C(C=Cc1ccccc1)CCC(=O)N1CCN(C(=O)c2cc3nc(-c4cccc5[nH]ncc45)nc(N4CCOCC4)c3s2)CC1. The molecule has 0 radical (unpaired) electrons. The van der Waals surface area contributed by atoms with Crippen LogP contribution in [0.3, 0.4) is 0 Å². The lowest BCUT2D eigenvalue weighted by Crippen LogP contribution is -2.50. The van der Waals surface area contributed by atoms with Crippen molar-refractivity contribution in [3.8, 4) is 11.4 Å². The first kappa shape index (κ1) is 29.8. The molecule has 0 atom stereocenters. The Morgan fingerprint density at radius 3 is 2.48 bits per heavy atom. The van der Waals surface area contributed by atoms with Crippen LogP contribution >= 0.6 is 11.3 Å². The fourth-order valence-corrected chi connectivity index (χ4v) is 6.92. The van der Waals surface area contributed by atoms with Crippen LogP contribution in [0.25, 0.3) is 38.6 Å². The Hall–Kier alpha value is -4.94. The number of rotatable bonds is 8. The molecule has 2 aliphatic heterocycles. The Balaban J connectivity index is 1.04. The normalized spacial score (nSPS) is 15.7. The van der Waals surface area contributed by atoms with Gasteiger partial charge in [-0.1, -0.05) is 48.5 Å². The van der Waals surface area contributed by atoms with E-state index >= 15 is 0 Å². The highest BCUT2D eigenvalue weighted by atomic mass is 32.1. The summed E-state index contributed by atoms with van der Waals surface area (Å²) in [4.78, 5) is 55.2. The van der Waals surface area contributed by atoms with Crippen LogP contribution in [-0.4, -0.2) is 100 Å². The topological polar surface area (TPSA) is 125 Å². The Labute approximate surface area is 269 Å². The number of nitrogens with zero attached hydrogens (tertiary/aromatic N) is 6. The first-order valence-corrected chi connectivity index (χ1v) is 16.2. The average molecular weight is 636 g/mol. The van der Waals surface area contributed by atoms with E-state index in [9.17, 15) is 14.4 Å². The average Bonchev–Trinajstić information content (AvgIpc) is 3.77. The van der Waals surface area contributed by atoms with Crippen LogP contribution in [0.2, 0.25) is 0 Å². The van der Waals surface area contributed by atoms with Crippen molar-refractivity contribution in [3.05, 3.63) is 77.3 Å². The van der Waals surface area contributed by atoms with E-state index < -0.39 is 0 Å². The second-order valence-electron chi connectivity index (χ2n) is 11.3. The molecule has 5 aromatic rings. The van der Waals surface area contributed by atoms with Crippen molar-refractivity contribution in [2.45, 2.75) is 12.8 Å². The molecule has 46 heavy (non-hydrogen) atoms. The molecule has 0 aliphatic carbocycles. The van der Waals surface area contributed by atoms with Crippen molar-refractivity contribution in [1.82, 2.24) is 30.0 Å². The van der Waals surface area contributed by atoms with Crippen molar-refractivity contribution in [2.75, 3.05) is 57.4 Å². The van der Waals surface area contributed by atoms with Crippen LogP contribution in [0.5, 0.6) is 0 Å². The van der Waals surface area contributed by atoms with Crippen molar-refractivity contribution in [3.63, 3.8) is 0 Å². The lowest BCUT2D eigenvalue weighted by Gasteiger charge is -2.34. The van der Waals surface area contributed by atoms with Gasteiger partial charge < -0.3 is 19.4 Å². The number of aromatic amines is 1. The van der Waals surface area contributed by atoms with Gasteiger partial charge in [-0.2, -0.15) is 5.10 Å². The quantitative estimate of drug-likeness (QED) is 0.249. The molecule has 12 heteroatoms. The van der Waals surface area contributed by atoms with Gasteiger partial charge in [0.1, 0.15) is 0 Å². The molecular formula is C34H33N7O4S. The van der Waals surface area contributed by atoms with Gasteiger partial charge in [0.25, 0.3) is 5.91 Å². The van der Waals surface area contributed by atoms with Crippen molar-refractivity contribution >= 4 is 61.9 Å². The van der Waals surface area contributed by atoms with Gasteiger partial charge in [0.05, 0.1) is 40.0 Å². The Bertz CT molecular complexity index is 1920. The first-order valence-electron chi connectivity index (χ1n) is 15.4. The summed E-state index contributed by atoms with van der Waals surface area (Å²) < 4.78 is 6.46. The molecule has 7 rings (SSSR count). The Morgan fingerprint density at radius 2 is 1.67 bits per heavy atom. The number of thiophene rings is 1. The fourth-order valence-electron chi connectivity index (χ4n) is 5.83. The number of morpholine rings is 1. The summed E-state index contributed by atoms with van der Waals surface area (Å²) in [6.07, 6.45) is 5.38. The van der Waals surface area contributed by atoms with Gasteiger partial charge in [0.15, 0.2) is 17.4 Å². The third-order valence-corrected chi connectivity index (χ3v) is 9.48. The van der Waals surface area contributed by atoms with Crippen LogP contribution in [0.4, 0.5) is 5.82 Å². The summed E-state index contributed by atoms with van der Waals surface area (Å²) in [6, 6.07) is 17.4. The number of carbonyl (C=O) groups excluding carboxylic acids is 3. The van der Waals surface area contributed by atoms with Crippen molar-refractivity contribution in [2.24, 2.45) is 0 Å². The molecule has 0 unspecified atom stereocenters. The standard InChI is InChI=1S/C34H33N7O4S/c42-24(10-9-23-5-2-1-3-6-23)11-12-30(43)39-13-15-41(16-14-39)34(44)29-21-28-31(46-29)33(40-17-19-45-20-18-40)37-32(36-28)25-7-4-8-27-26(25)22-35-38-27/h1-10,21-22H,11-20H2,(H,35,38). The zero-order valence-corrected chi connectivity index (χ0v) is 26.0. The predicted molar refractivity (Wildman–Crippen MR) is 178 cm³/mol. The number of ketones is 1. The lowest BCUT2D eigenvalue weighted by molar-refractivity contribution is -0.134. The molecule has 234 valence electrons. The number of benzene rings is 2. The minimum absolute atomic E-state index is 0.0685. The van der Waals surface area contributed by atoms with Gasteiger partial charge in [-0.3, -0.25) is 19.5 Å². The third-order valence-electron chi connectivity index (χ3n) is 8.37. The summed E-state index contributed by atoms with van der Waals surface area (Å²) in [7, 11) is 0. The van der Waals surface area contributed by atoms with Crippen LogP contribution in [0, 0.1) is 0 Å². The van der Waals surface area contributed by atoms with Crippen LogP contribution < -0.4 is 4.90 Å². The number of piperazine rings is 1. The number of fused-ring (bicyclic) bond motifs is 2. The van der Waals surface area contributed by atoms with Gasteiger partial charge in [-0.05, 0) is 23.8 Å². The first-order chi connectivity index (χ1) is 22.5. The van der Waals surface area contributed by atoms with Crippen molar-refractivity contribution in [1.29, 1.82) is 0 Å². The number of hydrogen-bond donors (Lipinski definition) is 1. The number of nitrogens with one attached hydrogen (secondary N) is 1. The largest absolute Gasteiger partial charge is 0.378 e. The number of H-pyrrole nitrogens is 1. The molecule has 3 aromatic heterocycles. The van der Waals surface area contributed by atoms with Gasteiger partial charge in [0.2, 0.25) is 5.91 Å². The maximum absolute atomic E-state index is 13.7. The van der Waals surface area contributed by atoms with Crippen LogP contribution in [0.1, 0.15) is 28.1 Å². The van der Waals surface area contributed by atoms with Gasteiger partial charge >= 0.3 is 0 Å². The van der Waals surface area contributed by atoms with Gasteiger partial charge in [0, 0.05) is 63.1 Å². The van der Waals surface area contributed by atoms with E-state index in [4.69, 9.17) is 14.7 Å². The molecule has 1 N–H and O–H groups in total. The molecule has 0 bridgehead atoms. The van der Waals surface area contributed by atoms with E-state index in [1.807, 2.05) is 54.6 Å². The highest BCUT2D eigenvalue weighted by Crippen LogP contribution is 2.36. The number of aromatic nitrogens is 4. The highest BCUT2D eigenvalue weighted by Gasteiger charge is 2.28. The van der Waals surface area contributed by atoms with E-state index in [0.29, 0.717) is 63.2 Å². The maximum atomic E-state index is 13.7. The fraction of sp³-hybridized carbons (Fsp3) is 0.294. The predicted octanol–water partition coefficient (Wildman–Crippen LogP) is 4.42. The zero-order valence-electron chi connectivity index (χ0n) is 25.2. The molecule has 0 spiro atoms. The monoisotopic (exact) mass is 635 g/mol. The molecule has 2 aliphatic rings. The molecule has 11 nitrogen and oxygen atoms in total. The minimum Gasteiger partial charge on any atom is -0.378 e. The van der Waals surface area contributed by atoms with E-state index in [-0.39, 0.29) is 30.4 Å². The number of hydrogen-bond acceptors (Lipinski definition) is 9. The number of allylic oxidation sites excluding steroid dienone is 1. The van der Waals surface area contributed by atoms with E-state index in [1.54, 1.807) is 22.1 Å². The summed E-state index contributed by atoms with van der Waals surface area (Å²) in [5.74, 6) is 1.15. The maximum Gasteiger partial charge on any atom is 0.264 e. The number of ether oxygens (including phenoxy) is 1. The smallest absolute Gasteiger partial charge is 0.264 e. The second-order valence-corrected chi connectivity index (χ2v) is 12.4. The molecule has 2 saturated heterocycles. The molecular weight excluding hydrogens is 602 g/mol. The summed E-state index contributed by atoms with van der Waals surface area (Å²) in [6.45, 7) is 4.34. The number of amides is 2. The zero-order chi connectivity index (χ0) is 31.5. The lowest BCUT2D eigenvalue weighted by atomic mass is 10.1. The van der Waals surface area contributed by atoms with E-state index in [2.05, 4.69) is 15.1 Å². The van der Waals surface area contributed by atoms with E-state index in [1.165, 1.54) is 17.4 Å². The molecule has 2 fully saturated rings. The van der Waals surface area contributed by atoms with Crippen molar-refractivity contribution < 1.29 is 19.1 Å². The summed E-state index contributed by atoms with van der Waals surface area (Å²) in [5.41, 5.74) is 3.44. The molecule has 2 amide bonds. The van der Waals surface area contributed by atoms with Crippen LogP contribution in [0.15, 0.2) is 66.9 Å². The third kappa shape index (κ3) is 6.26. The highest BCUT2D eigenvalue weighted by molar-refractivity contribution is 7.21.